The Balaban J connectivity index is 2.17. The summed E-state index contributed by atoms with van der Waals surface area (Å²) in [7, 11) is 0. The third kappa shape index (κ3) is 2.74. The summed E-state index contributed by atoms with van der Waals surface area (Å²) in [6.07, 6.45) is 0. The van der Waals surface area contributed by atoms with Crippen molar-refractivity contribution in [3.63, 3.8) is 0 Å². The molecule has 4 heteroatoms. The largest absolute Gasteiger partial charge is 0.423 e. The zero-order valence-electron chi connectivity index (χ0n) is 9.50. The standard InChI is InChI=1S/C14H11NO3/c15-13(16)11-7-4-8-12(9-11)18-14(17)10-5-2-1-3-6-10/h1-9H,(H2,15,16). The highest BCUT2D eigenvalue weighted by Crippen LogP contribution is 2.14. The minimum Gasteiger partial charge on any atom is -0.423 e. The highest BCUT2D eigenvalue weighted by atomic mass is 16.5. The van der Waals surface area contributed by atoms with Gasteiger partial charge in [-0.25, -0.2) is 4.79 Å². The molecule has 0 fully saturated rings. The summed E-state index contributed by atoms with van der Waals surface area (Å²) in [4.78, 5) is 22.7. The molecule has 4 nitrogen and oxygen atoms in total. The van der Waals surface area contributed by atoms with Crippen LogP contribution >= 0.6 is 0 Å². The first-order valence-electron chi connectivity index (χ1n) is 5.34. The molecule has 0 unspecified atom stereocenters. The number of benzene rings is 2. The van der Waals surface area contributed by atoms with Crippen molar-refractivity contribution in [3.8, 4) is 5.75 Å². The Labute approximate surface area is 104 Å². The van der Waals surface area contributed by atoms with Crippen LogP contribution in [0.15, 0.2) is 54.6 Å². The molecule has 2 aromatic rings. The van der Waals surface area contributed by atoms with Crippen LogP contribution in [0, 0.1) is 0 Å². The van der Waals surface area contributed by atoms with Gasteiger partial charge in [0.1, 0.15) is 5.75 Å². The number of hydrogen-bond acceptors (Lipinski definition) is 3. The Morgan fingerprint density at radius 1 is 0.889 bits per heavy atom. The van der Waals surface area contributed by atoms with Crippen LogP contribution in [0.1, 0.15) is 20.7 Å². The molecule has 0 spiro atoms. The van der Waals surface area contributed by atoms with Gasteiger partial charge < -0.3 is 10.5 Å². The quantitative estimate of drug-likeness (QED) is 0.660. The van der Waals surface area contributed by atoms with Crippen LogP contribution in [0.5, 0.6) is 5.75 Å². The zero-order chi connectivity index (χ0) is 13.0. The van der Waals surface area contributed by atoms with E-state index in [0.717, 1.165) is 0 Å². The van der Waals surface area contributed by atoms with Crippen LogP contribution in [-0.2, 0) is 0 Å². The molecular formula is C14H11NO3. The molecular weight excluding hydrogens is 230 g/mol. The lowest BCUT2D eigenvalue weighted by Gasteiger charge is -2.05. The van der Waals surface area contributed by atoms with Gasteiger partial charge in [0, 0.05) is 5.56 Å². The van der Waals surface area contributed by atoms with Crippen LogP contribution in [0.25, 0.3) is 0 Å². The number of hydrogen-bond donors (Lipinski definition) is 1. The van der Waals surface area contributed by atoms with Gasteiger partial charge >= 0.3 is 5.97 Å². The van der Waals surface area contributed by atoms with Crippen molar-refractivity contribution in [2.75, 3.05) is 0 Å². The van der Waals surface area contributed by atoms with E-state index in [1.807, 2.05) is 6.07 Å². The lowest BCUT2D eigenvalue weighted by Crippen LogP contribution is -2.12. The Kier molecular flexibility index (Phi) is 3.38. The number of rotatable bonds is 3. The molecule has 0 saturated carbocycles. The van der Waals surface area contributed by atoms with E-state index < -0.39 is 11.9 Å². The van der Waals surface area contributed by atoms with Crippen molar-refractivity contribution in [2.24, 2.45) is 5.73 Å². The molecule has 0 aliphatic carbocycles. The predicted octanol–water partition coefficient (Wildman–Crippen LogP) is 2.00. The third-order valence-corrected chi connectivity index (χ3v) is 2.34. The smallest absolute Gasteiger partial charge is 0.343 e. The monoisotopic (exact) mass is 241 g/mol. The molecule has 2 N–H and O–H groups in total. The highest BCUT2D eigenvalue weighted by molar-refractivity contribution is 5.94. The SMILES string of the molecule is NC(=O)c1cccc(OC(=O)c2ccccc2)c1. The number of carbonyl (C=O) groups excluding carboxylic acids is 2. The lowest BCUT2D eigenvalue weighted by molar-refractivity contribution is 0.0733. The number of nitrogens with two attached hydrogens (primary N) is 1. The molecule has 90 valence electrons. The van der Waals surface area contributed by atoms with Crippen molar-refractivity contribution >= 4 is 11.9 Å². The number of primary amides is 1. The normalized spacial score (nSPS) is 9.78. The van der Waals surface area contributed by atoms with E-state index in [0.29, 0.717) is 16.9 Å². The number of esters is 1. The fraction of sp³-hybridized carbons (Fsp3) is 0. The molecule has 0 aromatic heterocycles. The van der Waals surface area contributed by atoms with Crippen molar-refractivity contribution in [1.29, 1.82) is 0 Å². The Morgan fingerprint density at radius 3 is 2.22 bits per heavy atom. The second kappa shape index (κ2) is 5.14. The third-order valence-electron chi connectivity index (χ3n) is 2.34. The van der Waals surface area contributed by atoms with E-state index in [2.05, 4.69) is 0 Å². The van der Waals surface area contributed by atoms with Crippen LogP contribution in [-0.4, -0.2) is 11.9 Å². The molecule has 0 aliphatic heterocycles. The van der Waals surface area contributed by atoms with Gasteiger partial charge in [-0.15, -0.1) is 0 Å². The zero-order valence-corrected chi connectivity index (χ0v) is 9.50. The fourth-order valence-corrected chi connectivity index (χ4v) is 1.45. The molecule has 2 aromatic carbocycles. The molecule has 2 rings (SSSR count). The summed E-state index contributed by atoms with van der Waals surface area (Å²) in [5, 5.41) is 0. The summed E-state index contributed by atoms with van der Waals surface area (Å²) in [5.41, 5.74) is 5.89. The molecule has 0 heterocycles. The summed E-state index contributed by atoms with van der Waals surface area (Å²) >= 11 is 0. The molecule has 0 saturated heterocycles. The van der Waals surface area contributed by atoms with Gasteiger partial charge in [0.15, 0.2) is 0 Å². The molecule has 1 amide bonds. The average Bonchev–Trinajstić information content (AvgIpc) is 2.40. The second-order valence-electron chi connectivity index (χ2n) is 3.65. The van der Waals surface area contributed by atoms with Gasteiger partial charge in [-0.05, 0) is 30.3 Å². The maximum Gasteiger partial charge on any atom is 0.343 e. The maximum absolute atomic E-state index is 11.8. The van der Waals surface area contributed by atoms with E-state index >= 15 is 0 Å². The highest BCUT2D eigenvalue weighted by Gasteiger charge is 2.09. The number of carbonyl (C=O) groups is 2. The molecule has 0 atom stereocenters. The van der Waals surface area contributed by atoms with Crippen molar-refractivity contribution in [2.45, 2.75) is 0 Å². The number of ether oxygens (including phenoxy) is 1. The van der Waals surface area contributed by atoms with Crippen molar-refractivity contribution in [3.05, 3.63) is 65.7 Å². The second-order valence-corrected chi connectivity index (χ2v) is 3.65. The molecule has 0 radical (unpaired) electrons. The van der Waals surface area contributed by atoms with Crippen LogP contribution in [0.3, 0.4) is 0 Å². The predicted molar refractivity (Wildman–Crippen MR) is 66.4 cm³/mol. The maximum atomic E-state index is 11.8. The first-order chi connectivity index (χ1) is 8.66. The van der Waals surface area contributed by atoms with Gasteiger partial charge in [0.2, 0.25) is 5.91 Å². The average molecular weight is 241 g/mol. The summed E-state index contributed by atoms with van der Waals surface area (Å²) < 4.78 is 5.14. The van der Waals surface area contributed by atoms with E-state index in [4.69, 9.17) is 10.5 Å². The van der Waals surface area contributed by atoms with Crippen molar-refractivity contribution in [1.82, 2.24) is 0 Å². The van der Waals surface area contributed by atoms with Gasteiger partial charge in [-0.1, -0.05) is 24.3 Å². The van der Waals surface area contributed by atoms with Gasteiger partial charge in [-0.3, -0.25) is 4.79 Å². The summed E-state index contributed by atoms with van der Waals surface area (Å²) in [6, 6.07) is 14.8. The first-order valence-corrected chi connectivity index (χ1v) is 5.34. The first kappa shape index (κ1) is 11.9. The number of amides is 1. The van der Waals surface area contributed by atoms with E-state index in [1.54, 1.807) is 42.5 Å². The Hall–Kier alpha value is -2.62. The van der Waals surface area contributed by atoms with Gasteiger partial charge in [0.25, 0.3) is 0 Å². The Morgan fingerprint density at radius 2 is 1.56 bits per heavy atom. The topological polar surface area (TPSA) is 69.4 Å². The van der Waals surface area contributed by atoms with Crippen molar-refractivity contribution < 1.29 is 14.3 Å². The summed E-state index contributed by atoms with van der Waals surface area (Å²) in [5.74, 6) is -0.745. The molecule has 0 bridgehead atoms. The van der Waals surface area contributed by atoms with Crippen LogP contribution in [0.4, 0.5) is 0 Å². The van der Waals surface area contributed by atoms with Gasteiger partial charge in [0.05, 0.1) is 5.56 Å². The van der Waals surface area contributed by atoms with Crippen LogP contribution < -0.4 is 10.5 Å². The molecule has 18 heavy (non-hydrogen) atoms. The fourth-order valence-electron chi connectivity index (χ4n) is 1.45. The van der Waals surface area contributed by atoms with E-state index in [9.17, 15) is 9.59 Å². The van der Waals surface area contributed by atoms with E-state index in [1.165, 1.54) is 6.07 Å². The minimum atomic E-state index is -0.562. The minimum absolute atomic E-state index is 0.292. The van der Waals surface area contributed by atoms with E-state index in [-0.39, 0.29) is 0 Å². The lowest BCUT2D eigenvalue weighted by atomic mass is 10.2. The van der Waals surface area contributed by atoms with Gasteiger partial charge in [-0.2, -0.15) is 0 Å². The molecule has 0 aliphatic rings. The Bertz CT molecular complexity index is 579. The summed E-state index contributed by atoms with van der Waals surface area (Å²) in [6.45, 7) is 0. The van der Waals surface area contributed by atoms with Crippen LogP contribution in [0.2, 0.25) is 0 Å².